The molecule has 2 saturated heterocycles. The van der Waals surface area contributed by atoms with Crippen LogP contribution in [0.1, 0.15) is 19.8 Å². The summed E-state index contributed by atoms with van der Waals surface area (Å²) in [5, 5.41) is 9.93. The van der Waals surface area contributed by atoms with Crippen molar-refractivity contribution in [3.8, 4) is 0 Å². The van der Waals surface area contributed by atoms with E-state index in [0.29, 0.717) is 13.0 Å². The Morgan fingerprint density at radius 1 is 1.21 bits per heavy atom. The number of anilines is 1. The molecule has 0 bridgehead atoms. The molecule has 7 heteroatoms. The van der Waals surface area contributed by atoms with Crippen LogP contribution in [0.3, 0.4) is 0 Å². The first-order valence-corrected chi connectivity index (χ1v) is 8.08. The lowest BCUT2D eigenvalue weighted by Gasteiger charge is -2.35. The zero-order chi connectivity index (χ0) is 17.4. The third-order valence-corrected chi connectivity index (χ3v) is 4.86. The number of hydrogen-bond acceptors (Lipinski definition) is 3. The first kappa shape index (κ1) is 16.8. The Kier molecular flexibility index (Phi) is 4.54. The van der Waals surface area contributed by atoms with Crippen LogP contribution in [0.5, 0.6) is 0 Å². The van der Waals surface area contributed by atoms with Crippen molar-refractivity contribution in [1.29, 1.82) is 0 Å². The number of likely N-dealkylation sites (tertiary alicyclic amines) is 1. The standard InChI is InChI=1S/C17H20F2N2O3/c1-10-2-3-20(9-15(10)22)17(24)11-4-16(23)21(8-11)14-6-12(18)5-13(19)7-14/h5-7,10-11,15,22H,2-4,8-9H2,1H3. The van der Waals surface area contributed by atoms with Crippen molar-refractivity contribution in [3.63, 3.8) is 0 Å². The van der Waals surface area contributed by atoms with Crippen LogP contribution in [0, 0.1) is 23.5 Å². The largest absolute Gasteiger partial charge is 0.391 e. The van der Waals surface area contributed by atoms with Crippen molar-refractivity contribution in [1.82, 2.24) is 4.90 Å². The molecule has 5 nitrogen and oxygen atoms in total. The predicted molar refractivity (Wildman–Crippen MR) is 83.2 cm³/mol. The Balaban J connectivity index is 1.71. The number of hydrogen-bond donors (Lipinski definition) is 1. The van der Waals surface area contributed by atoms with E-state index in [-0.39, 0.29) is 42.9 Å². The SMILES string of the molecule is CC1CCN(C(=O)C2CC(=O)N(c3cc(F)cc(F)c3)C2)CC1O. The molecular formula is C17H20F2N2O3. The molecule has 3 rings (SSSR count). The summed E-state index contributed by atoms with van der Waals surface area (Å²) in [5.74, 6) is -2.45. The monoisotopic (exact) mass is 338 g/mol. The molecule has 0 radical (unpaired) electrons. The maximum absolute atomic E-state index is 13.4. The van der Waals surface area contributed by atoms with E-state index in [9.17, 15) is 23.5 Å². The van der Waals surface area contributed by atoms with Gasteiger partial charge in [-0.05, 0) is 24.5 Å². The number of aliphatic hydroxyl groups excluding tert-OH is 1. The normalized spacial score (nSPS) is 27.7. The maximum atomic E-state index is 13.4. The fraction of sp³-hybridized carbons (Fsp3) is 0.529. The van der Waals surface area contributed by atoms with Gasteiger partial charge in [-0.25, -0.2) is 8.78 Å². The Morgan fingerprint density at radius 2 is 1.88 bits per heavy atom. The summed E-state index contributed by atoms with van der Waals surface area (Å²) in [6.07, 6.45) is 0.166. The fourth-order valence-electron chi connectivity index (χ4n) is 3.32. The van der Waals surface area contributed by atoms with Gasteiger partial charge in [0.2, 0.25) is 11.8 Å². The molecule has 0 saturated carbocycles. The first-order chi connectivity index (χ1) is 11.3. The van der Waals surface area contributed by atoms with Crippen LogP contribution in [-0.4, -0.2) is 47.6 Å². The maximum Gasteiger partial charge on any atom is 0.228 e. The van der Waals surface area contributed by atoms with E-state index in [1.165, 1.54) is 4.90 Å². The van der Waals surface area contributed by atoms with Crippen molar-refractivity contribution >= 4 is 17.5 Å². The summed E-state index contributed by atoms with van der Waals surface area (Å²) < 4.78 is 26.7. The fourth-order valence-corrected chi connectivity index (χ4v) is 3.32. The third-order valence-electron chi connectivity index (χ3n) is 4.86. The Hall–Kier alpha value is -2.02. The van der Waals surface area contributed by atoms with Gasteiger partial charge in [-0.1, -0.05) is 6.92 Å². The smallest absolute Gasteiger partial charge is 0.228 e. The number of nitrogens with zero attached hydrogens (tertiary/aromatic N) is 2. The van der Waals surface area contributed by atoms with Gasteiger partial charge in [0.05, 0.1) is 12.0 Å². The van der Waals surface area contributed by atoms with E-state index < -0.39 is 23.7 Å². The molecule has 2 heterocycles. The van der Waals surface area contributed by atoms with E-state index in [1.54, 1.807) is 4.90 Å². The molecule has 1 aromatic carbocycles. The number of amides is 2. The summed E-state index contributed by atoms with van der Waals surface area (Å²) in [5.41, 5.74) is 0.125. The second-order valence-corrected chi connectivity index (χ2v) is 6.65. The number of aliphatic hydroxyl groups is 1. The van der Waals surface area contributed by atoms with E-state index in [0.717, 1.165) is 18.2 Å². The average Bonchev–Trinajstić information content (AvgIpc) is 2.90. The summed E-state index contributed by atoms with van der Waals surface area (Å²) in [7, 11) is 0. The van der Waals surface area contributed by atoms with Gasteiger partial charge in [0.1, 0.15) is 11.6 Å². The van der Waals surface area contributed by atoms with Gasteiger partial charge in [0, 0.05) is 37.8 Å². The number of carbonyl (C=O) groups excluding carboxylic acids is 2. The van der Waals surface area contributed by atoms with Crippen LogP contribution in [0.15, 0.2) is 18.2 Å². The Morgan fingerprint density at radius 3 is 2.50 bits per heavy atom. The molecule has 2 aliphatic rings. The van der Waals surface area contributed by atoms with E-state index in [1.807, 2.05) is 6.92 Å². The van der Waals surface area contributed by atoms with Crippen LogP contribution in [-0.2, 0) is 9.59 Å². The van der Waals surface area contributed by atoms with Gasteiger partial charge < -0.3 is 14.9 Å². The molecule has 2 fully saturated rings. The van der Waals surface area contributed by atoms with Crippen LogP contribution in [0.25, 0.3) is 0 Å². The highest BCUT2D eigenvalue weighted by Crippen LogP contribution is 2.29. The number of piperidine rings is 1. The quantitative estimate of drug-likeness (QED) is 0.890. The van der Waals surface area contributed by atoms with Crippen LogP contribution < -0.4 is 4.90 Å². The molecule has 1 aromatic rings. The second kappa shape index (κ2) is 6.47. The molecule has 3 atom stereocenters. The van der Waals surface area contributed by atoms with Gasteiger partial charge in [-0.3, -0.25) is 9.59 Å². The molecule has 130 valence electrons. The molecule has 0 aromatic heterocycles. The van der Waals surface area contributed by atoms with Crippen LogP contribution in [0.2, 0.25) is 0 Å². The first-order valence-electron chi connectivity index (χ1n) is 8.08. The highest BCUT2D eigenvalue weighted by atomic mass is 19.1. The Labute approximate surface area is 138 Å². The summed E-state index contributed by atoms with van der Waals surface area (Å²) in [4.78, 5) is 27.6. The van der Waals surface area contributed by atoms with Gasteiger partial charge in [0.25, 0.3) is 0 Å². The summed E-state index contributed by atoms with van der Waals surface area (Å²) >= 11 is 0. The number of halogens is 2. The minimum Gasteiger partial charge on any atom is -0.391 e. The van der Waals surface area contributed by atoms with E-state index >= 15 is 0 Å². The van der Waals surface area contributed by atoms with E-state index in [2.05, 4.69) is 0 Å². The number of benzene rings is 1. The summed E-state index contributed by atoms with van der Waals surface area (Å²) in [6.45, 7) is 2.85. The van der Waals surface area contributed by atoms with Gasteiger partial charge in [-0.15, -0.1) is 0 Å². The van der Waals surface area contributed by atoms with Crippen LogP contribution in [0.4, 0.5) is 14.5 Å². The molecule has 2 amide bonds. The lowest BCUT2D eigenvalue weighted by atomic mass is 9.94. The minimum absolute atomic E-state index is 0.0130. The van der Waals surface area contributed by atoms with Crippen LogP contribution >= 0.6 is 0 Å². The number of β-amino-alcohol motifs (C(OH)–C–C–N with tert-alkyl or cyclic N) is 1. The van der Waals surface area contributed by atoms with Crippen molar-refractivity contribution in [2.75, 3.05) is 24.5 Å². The highest BCUT2D eigenvalue weighted by molar-refractivity contribution is 6.00. The molecule has 1 N–H and O–H groups in total. The van der Waals surface area contributed by atoms with Gasteiger partial charge in [0.15, 0.2) is 0 Å². The zero-order valence-electron chi connectivity index (χ0n) is 13.4. The second-order valence-electron chi connectivity index (χ2n) is 6.65. The van der Waals surface area contributed by atoms with Gasteiger partial charge >= 0.3 is 0 Å². The molecule has 24 heavy (non-hydrogen) atoms. The molecule has 3 unspecified atom stereocenters. The number of rotatable bonds is 2. The average molecular weight is 338 g/mol. The molecule has 0 spiro atoms. The third kappa shape index (κ3) is 3.26. The zero-order valence-corrected chi connectivity index (χ0v) is 13.4. The van der Waals surface area contributed by atoms with Crippen molar-refractivity contribution in [2.24, 2.45) is 11.8 Å². The lowest BCUT2D eigenvalue weighted by Crippen LogP contribution is -2.48. The van der Waals surface area contributed by atoms with Crippen molar-refractivity contribution < 1.29 is 23.5 Å². The van der Waals surface area contributed by atoms with E-state index in [4.69, 9.17) is 0 Å². The molecular weight excluding hydrogens is 318 g/mol. The van der Waals surface area contributed by atoms with Crippen molar-refractivity contribution in [2.45, 2.75) is 25.9 Å². The lowest BCUT2D eigenvalue weighted by molar-refractivity contribution is -0.139. The highest BCUT2D eigenvalue weighted by Gasteiger charge is 2.39. The summed E-state index contributed by atoms with van der Waals surface area (Å²) in [6, 6.07) is 2.91. The number of carbonyl (C=O) groups is 2. The topological polar surface area (TPSA) is 60.9 Å². The molecule has 2 aliphatic heterocycles. The Bertz CT molecular complexity index is 647. The van der Waals surface area contributed by atoms with Crippen molar-refractivity contribution in [3.05, 3.63) is 29.8 Å². The predicted octanol–water partition coefficient (Wildman–Crippen LogP) is 1.55. The van der Waals surface area contributed by atoms with Gasteiger partial charge in [-0.2, -0.15) is 0 Å². The molecule has 0 aliphatic carbocycles. The minimum atomic E-state index is -0.763.